The minimum Gasteiger partial charge on any atom is -0.378 e. The number of hydrogen-bond donors (Lipinski definition) is 1. The normalized spacial score (nSPS) is 25.4. The molecule has 0 heterocycles. The summed E-state index contributed by atoms with van der Waals surface area (Å²) < 4.78 is 6.71. The third kappa shape index (κ3) is 3.54. The van der Waals surface area contributed by atoms with Crippen molar-refractivity contribution in [1.82, 2.24) is 5.32 Å². The molecule has 94 valence electrons. The quantitative estimate of drug-likeness (QED) is 0.895. The topological polar surface area (TPSA) is 21.3 Å². The molecule has 1 aromatic carbocycles. The van der Waals surface area contributed by atoms with Crippen LogP contribution < -0.4 is 5.32 Å². The number of halogens is 1. The SMILES string of the molecule is CCOC1CC(N[C@H](C)c2cccc(Br)c2)C1. The fraction of sp³-hybridized carbons (Fsp3) is 0.571. The van der Waals surface area contributed by atoms with Crippen LogP contribution in [0.15, 0.2) is 28.7 Å². The highest BCUT2D eigenvalue weighted by atomic mass is 79.9. The Hall–Kier alpha value is -0.380. The van der Waals surface area contributed by atoms with Gasteiger partial charge in [-0.25, -0.2) is 0 Å². The minimum absolute atomic E-state index is 0.403. The second kappa shape index (κ2) is 5.98. The first-order valence-electron chi connectivity index (χ1n) is 6.32. The van der Waals surface area contributed by atoms with Crippen LogP contribution in [0.1, 0.15) is 38.3 Å². The first kappa shape index (κ1) is 13.1. The Morgan fingerprint density at radius 1 is 1.47 bits per heavy atom. The van der Waals surface area contributed by atoms with Gasteiger partial charge in [-0.3, -0.25) is 0 Å². The molecule has 1 aliphatic rings. The van der Waals surface area contributed by atoms with Gasteiger partial charge in [-0.2, -0.15) is 0 Å². The number of hydrogen-bond acceptors (Lipinski definition) is 2. The van der Waals surface area contributed by atoms with Crippen LogP contribution in [-0.4, -0.2) is 18.8 Å². The summed E-state index contributed by atoms with van der Waals surface area (Å²) in [6.45, 7) is 5.11. The van der Waals surface area contributed by atoms with Gasteiger partial charge in [0.2, 0.25) is 0 Å². The van der Waals surface area contributed by atoms with E-state index in [1.54, 1.807) is 0 Å². The Morgan fingerprint density at radius 3 is 2.88 bits per heavy atom. The summed E-state index contributed by atoms with van der Waals surface area (Å²) in [6, 6.07) is 9.50. The molecule has 1 fully saturated rings. The van der Waals surface area contributed by atoms with Crippen LogP contribution >= 0.6 is 15.9 Å². The van der Waals surface area contributed by atoms with E-state index in [1.807, 2.05) is 0 Å². The zero-order valence-corrected chi connectivity index (χ0v) is 12.0. The second-order valence-electron chi connectivity index (χ2n) is 4.69. The Kier molecular flexibility index (Phi) is 4.60. The maximum atomic E-state index is 5.57. The molecule has 0 saturated heterocycles. The monoisotopic (exact) mass is 297 g/mol. The molecule has 1 saturated carbocycles. The average molecular weight is 298 g/mol. The van der Waals surface area contributed by atoms with Gasteiger partial charge in [-0.05, 0) is 44.4 Å². The molecular weight excluding hydrogens is 278 g/mol. The maximum Gasteiger partial charge on any atom is 0.0604 e. The van der Waals surface area contributed by atoms with Crippen molar-refractivity contribution in [3.05, 3.63) is 34.3 Å². The molecule has 2 rings (SSSR count). The molecule has 0 radical (unpaired) electrons. The lowest BCUT2D eigenvalue weighted by atomic mass is 9.88. The van der Waals surface area contributed by atoms with Crippen LogP contribution in [0.4, 0.5) is 0 Å². The zero-order chi connectivity index (χ0) is 12.3. The number of ether oxygens (including phenoxy) is 1. The van der Waals surface area contributed by atoms with E-state index in [-0.39, 0.29) is 0 Å². The lowest BCUT2D eigenvalue weighted by molar-refractivity contribution is -0.0120. The number of rotatable bonds is 5. The molecule has 0 amide bonds. The highest BCUT2D eigenvalue weighted by molar-refractivity contribution is 9.10. The molecule has 3 heteroatoms. The van der Waals surface area contributed by atoms with Crippen molar-refractivity contribution in [3.63, 3.8) is 0 Å². The summed E-state index contributed by atoms with van der Waals surface area (Å²) in [5.74, 6) is 0. The first-order chi connectivity index (χ1) is 8.19. The lowest BCUT2D eigenvalue weighted by Gasteiger charge is -2.37. The first-order valence-corrected chi connectivity index (χ1v) is 7.11. The van der Waals surface area contributed by atoms with E-state index in [0.717, 1.165) is 23.9 Å². The Labute approximate surface area is 112 Å². The maximum absolute atomic E-state index is 5.57. The van der Waals surface area contributed by atoms with E-state index in [2.05, 4.69) is 59.4 Å². The highest BCUT2D eigenvalue weighted by Crippen LogP contribution is 2.26. The van der Waals surface area contributed by atoms with E-state index in [9.17, 15) is 0 Å². The molecule has 2 nitrogen and oxygen atoms in total. The fourth-order valence-corrected chi connectivity index (χ4v) is 2.72. The van der Waals surface area contributed by atoms with Crippen molar-refractivity contribution in [1.29, 1.82) is 0 Å². The van der Waals surface area contributed by atoms with Crippen LogP contribution in [0.2, 0.25) is 0 Å². The molecule has 0 bridgehead atoms. The van der Waals surface area contributed by atoms with Gasteiger partial charge in [-0.1, -0.05) is 28.1 Å². The predicted octanol–water partition coefficient (Wildman–Crippen LogP) is 3.67. The molecule has 17 heavy (non-hydrogen) atoms. The van der Waals surface area contributed by atoms with Gasteiger partial charge < -0.3 is 10.1 Å². The van der Waals surface area contributed by atoms with Gasteiger partial charge >= 0.3 is 0 Å². The molecule has 1 aliphatic carbocycles. The number of benzene rings is 1. The average Bonchev–Trinajstić information content (AvgIpc) is 2.26. The van der Waals surface area contributed by atoms with E-state index in [1.165, 1.54) is 5.56 Å². The van der Waals surface area contributed by atoms with Crippen LogP contribution in [0, 0.1) is 0 Å². The third-order valence-corrected chi connectivity index (χ3v) is 3.82. The largest absolute Gasteiger partial charge is 0.378 e. The Morgan fingerprint density at radius 2 is 2.24 bits per heavy atom. The van der Waals surface area contributed by atoms with Crippen molar-refractivity contribution in [3.8, 4) is 0 Å². The van der Waals surface area contributed by atoms with Gasteiger partial charge in [-0.15, -0.1) is 0 Å². The minimum atomic E-state index is 0.403. The fourth-order valence-electron chi connectivity index (χ4n) is 2.30. The van der Waals surface area contributed by atoms with E-state index >= 15 is 0 Å². The summed E-state index contributed by atoms with van der Waals surface area (Å²) in [7, 11) is 0. The van der Waals surface area contributed by atoms with Gasteiger partial charge in [0.05, 0.1) is 6.10 Å². The molecular formula is C14H20BrNO. The van der Waals surface area contributed by atoms with E-state index in [4.69, 9.17) is 4.74 Å². The predicted molar refractivity (Wildman–Crippen MR) is 74.1 cm³/mol. The molecule has 0 aromatic heterocycles. The summed E-state index contributed by atoms with van der Waals surface area (Å²) >= 11 is 3.51. The third-order valence-electron chi connectivity index (χ3n) is 3.33. The Bertz CT molecular complexity index is 363. The molecule has 1 atom stereocenters. The molecule has 1 aromatic rings. The van der Waals surface area contributed by atoms with Crippen molar-refractivity contribution < 1.29 is 4.74 Å². The molecule has 1 N–H and O–H groups in total. The standard InChI is InChI=1S/C14H20BrNO/c1-3-17-14-8-13(9-14)16-10(2)11-5-4-6-12(15)7-11/h4-7,10,13-14,16H,3,8-9H2,1-2H3/t10-,13?,14?/m1/s1. The van der Waals surface area contributed by atoms with E-state index in [0.29, 0.717) is 18.2 Å². The molecule has 0 aliphatic heterocycles. The van der Waals surface area contributed by atoms with Crippen molar-refractivity contribution in [2.45, 2.75) is 44.9 Å². The van der Waals surface area contributed by atoms with E-state index < -0.39 is 0 Å². The highest BCUT2D eigenvalue weighted by Gasteiger charge is 2.30. The summed E-state index contributed by atoms with van der Waals surface area (Å²) in [5, 5.41) is 3.65. The summed E-state index contributed by atoms with van der Waals surface area (Å²) in [6.07, 6.45) is 2.77. The van der Waals surface area contributed by atoms with Crippen LogP contribution in [0.5, 0.6) is 0 Å². The van der Waals surface area contributed by atoms with Crippen LogP contribution in [-0.2, 0) is 4.74 Å². The van der Waals surface area contributed by atoms with Crippen molar-refractivity contribution in [2.24, 2.45) is 0 Å². The second-order valence-corrected chi connectivity index (χ2v) is 5.60. The van der Waals surface area contributed by atoms with Crippen molar-refractivity contribution >= 4 is 15.9 Å². The van der Waals surface area contributed by atoms with Crippen LogP contribution in [0.25, 0.3) is 0 Å². The summed E-state index contributed by atoms with van der Waals surface area (Å²) in [5.41, 5.74) is 1.33. The molecule has 0 unspecified atom stereocenters. The van der Waals surface area contributed by atoms with Gasteiger partial charge in [0.1, 0.15) is 0 Å². The smallest absolute Gasteiger partial charge is 0.0604 e. The molecule has 0 spiro atoms. The van der Waals surface area contributed by atoms with Gasteiger partial charge in [0.15, 0.2) is 0 Å². The van der Waals surface area contributed by atoms with Crippen molar-refractivity contribution in [2.75, 3.05) is 6.61 Å². The van der Waals surface area contributed by atoms with Crippen LogP contribution in [0.3, 0.4) is 0 Å². The number of nitrogens with one attached hydrogen (secondary N) is 1. The van der Waals surface area contributed by atoms with Gasteiger partial charge in [0.25, 0.3) is 0 Å². The zero-order valence-electron chi connectivity index (χ0n) is 10.4. The Balaban J connectivity index is 1.80. The lowest BCUT2D eigenvalue weighted by Crippen LogP contribution is -2.46. The van der Waals surface area contributed by atoms with Gasteiger partial charge in [0, 0.05) is 23.2 Å². The summed E-state index contributed by atoms with van der Waals surface area (Å²) in [4.78, 5) is 0.